The molecule has 9 nitrogen and oxygen atoms in total. The summed E-state index contributed by atoms with van der Waals surface area (Å²) in [5, 5.41) is 1.39. The molecule has 0 fully saturated rings. The number of hydrazine groups is 2. The Hall–Kier alpha value is -4.00. The fraction of sp³-hybridized carbons (Fsp3) is 0.182. The van der Waals surface area contributed by atoms with Crippen molar-refractivity contribution in [3.05, 3.63) is 84.1 Å². The van der Waals surface area contributed by atoms with Gasteiger partial charge in [-0.1, -0.05) is 12.1 Å². The SMILES string of the molecule is O=S(=O)(Nc1ccncn1)c1ccc2c(c1)OCC[C@H]2c1ccc(C(F)(F)F)cc1N1NC=CN1. The average Bonchev–Trinajstić information content (AvgIpc) is 3.38. The molecule has 0 amide bonds. The van der Waals surface area contributed by atoms with E-state index in [9.17, 15) is 21.6 Å². The lowest BCUT2D eigenvalue weighted by Gasteiger charge is -2.31. The number of ether oxygens (including phenoxy) is 1. The Morgan fingerprint density at radius 1 is 1.06 bits per heavy atom. The summed E-state index contributed by atoms with van der Waals surface area (Å²) in [7, 11) is -3.95. The van der Waals surface area contributed by atoms with Crippen LogP contribution in [0.1, 0.15) is 29.0 Å². The summed E-state index contributed by atoms with van der Waals surface area (Å²) in [6.07, 6.45) is 1.74. The molecule has 0 radical (unpaired) electrons. The molecule has 0 saturated carbocycles. The smallest absolute Gasteiger partial charge is 0.416 e. The molecular formula is C22H19F3N6O3S. The molecular weight excluding hydrogens is 485 g/mol. The third kappa shape index (κ3) is 4.54. The van der Waals surface area contributed by atoms with Crippen LogP contribution >= 0.6 is 0 Å². The molecule has 0 aliphatic carbocycles. The van der Waals surface area contributed by atoms with Crippen LogP contribution < -0.4 is 25.4 Å². The normalized spacial score (nSPS) is 17.2. The minimum atomic E-state index is -4.51. The zero-order valence-corrected chi connectivity index (χ0v) is 18.8. The molecule has 0 unspecified atom stereocenters. The van der Waals surface area contributed by atoms with E-state index in [1.807, 2.05) is 0 Å². The Kier molecular flexibility index (Phi) is 5.63. The molecule has 13 heteroatoms. The van der Waals surface area contributed by atoms with Gasteiger partial charge in [0.05, 0.1) is 22.8 Å². The van der Waals surface area contributed by atoms with Crippen LogP contribution in [-0.2, 0) is 16.2 Å². The van der Waals surface area contributed by atoms with Crippen LogP contribution in [0.4, 0.5) is 24.7 Å². The van der Waals surface area contributed by atoms with Gasteiger partial charge >= 0.3 is 6.18 Å². The van der Waals surface area contributed by atoms with E-state index in [0.29, 0.717) is 29.0 Å². The molecule has 3 N–H and O–H groups in total. The second-order valence-corrected chi connectivity index (χ2v) is 9.47. The largest absolute Gasteiger partial charge is 0.493 e. The van der Waals surface area contributed by atoms with Gasteiger partial charge in [0, 0.05) is 36.1 Å². The van der Waals surface area contributed by atoms with Crippen molar-refractivity contribution in [3.8, 4) is 5.75 Å². The average molecular weight is 504 g/mol. The molecule has 182 valence electrons. The van der Waals surface area contributed by atoms with E-state index in [0.717, 1.165) is 12.1 Å². The number of hydrogen-bond acceptors (Lipinski definition) is 8. The van der Waals surface area contributed by atoms with E-state index in [-0.39, 0.29) is 23.2 Å². The molecule has 3 aromatic rings. The van der Waals surface area contributed by atoms with Crippen LogP contribution in [0.3, 0.4) is 0 Å². The maximum absolute atomic E-state index is 13.4. The first-order valence-corrected chi connectivity index (χ1v) is 11.9. The molecule has 2 aliphatic rings. The maximum Gasteiger partial charge on any atom is 0.416 e. The van der Waals surface area contributed by atoms with Gasteiger partial charge in [0.1, 0.15) is 17.9 Å². The lowest BCUT2D eigenvalue weighted by molar-refractivity contribution is -0.137. The van der Waals surface area contributed by atoms with E-state index in [4.69, 9.17) is 4.74 Å². The van der Waals surface area contributed by atoms with Crippen molar-refractivity contribution in [2.75, 3.05) is 16.4 Å². The van der Waals surface area contributed by atoms with E-state index in [1.165, 1.54) is 41.9 Å². The Morgan fingerprint density at radius 3 is 2.54 bits per heavy atom. The molecule has 0 bridgehead atoms. The van der Waals surface area contributed by atoms with Gasteiger partial charge in [0.25, 0.3) is 10.0 Å². The Balaban J connectivity index is 1.51. The fourth-order valence-corrected chi connectivity index (χ4v) is 5.04. The van der Waals surface area contributed by atoms with E-state index in [1.54, 1.807) is 18.5 Å². The van der Waals surface area contributed by atoms with Crippen LogP contribution in [-0.4, -0.2) is 25.0 Å². The van der Waals surface area contributed by atoms with Crippen LogP contribution in [0.25, 0.3) is 0 Å². The first-order valence-electron chi connectivity index (χ1n) is 10.5. The van der Waals surface area contributed by atoms with Crippen LogP contribution in [0, 0.1) is 0 Å². The predicted molar refractivity (Wildman–Crippen MR) is 121 cm³/mol. The Morgan fingerprint density at radius 2 is 1.83 bits per heavy atom. The molecule has 2 aliphatic heterocycles. The summed E-state index contributed by atoms with van der Waals surface area (Å²) < 4.78 is 74.0. The summed E-state index contributed by atoms with van der Waals surface area (Å²) in [6, 6.07) is 9.44. The topological polar surface area (TPSA) is 108 Å². The number of fused-ring (bicyclic) bond motifs is 1. The van der Waals surface area contributed by atoms with E-state index < -0.39 is 21.8 Å². The second kappa shape index (κ2) is 8.65. The first-order chi connectivity index (χ1) is 16.7. The minimum Gasteiger partial charge on any atom is -0.493 e. The van der Waals surface area contributed by atoms with Crippen molar-refractivity contribution in [2.24, 2.45) is 0 Å². The number of nitrogens with one attached hydrogen (secondary N) is 3. The van der Waals surface area contributed by atoms with Gasteiger partial charge in [-0.25, -0.2) is 18.4 Å². The molecule has 0 saturated heterocycles. The standard InChI is InChI=1S/C22H19F3N6O3S/c23-22(24,25)14-1-3-17(19(11-14)31-28-8-9-29-31)16-6-10-34-20-12-15(2-4-18(16)20)35(32,33)30-21-5-7-26-13-27-21/h1-5,7-9,11-13,16,28-29H,6,10H2,(H,26,27,30)/t16-/m0/s1. The first kappa shape index (κ1) is 22.8. The van der Waals surface area contributed by atoms with E-state index in [2.05, 4.69) is 25.5 Å². The molecule has 0 spiro atoms. The molecule has 3 heterocycles. The van der Waals surface area contributed by atoms with Crippen molar-refractivity contribution in [2.45, 2.75) is 23.4 Å². The highest BCUT2D eigenvalue weighted by molar-refractivity contribution is 7.92. The highest BCUT2D eigenvalue weighted by atomic mass is 32.2. The monoisotopic (exact) mass is 504 g/mol. The number of alkyl halides is 3. The van der Waals surface area contributed by atoms with Gasteiger partial charge < -0.3 is 4.74 Å². The van der Waals surface area contributed by atoms with Gasteiger partial charge in [-0.05, 0) is 36.2 Å². The third-order valence-corrected chi connectivity index (χ3v) is 6.97. The molecule has 35 heavy (non-hydrogen) atoms. The van der Waals surface area contributed by atoms with Crippen molar-refractivity contribution in [1.82, 2.24) is 20.8 Å². The number of anilines is 2. The minimum absolute atomic E-state index is 0.0322. The number of benzene rings is 2. The van der Waals surface area contributed by atoms with Crippen LogP contribution in [0.15, 0.2) is 72.3 Å². The zero-order valence-electron chi connectivity index (χ0n) is 18.0. The maximum atomic E-state index is 13.4. The Bertz CT molecular complexity index is 1370. The zero-order chi connectivity index (χ0) is 24.6. The quantitative estimate of drug-likeness (QED) is 0.485. The van der Waals surface area contributed by atoms with Gasteiger partial charge in [-0.3, -0.25) is 15.6 Å². The molecule has 5 rings (SSSR count). The van der Waals surface area contributed by atoms with Crippen LogP contribution in [0.2, 0.25) is 0 Å². The lowest BCUT2D eigenvalue weighted by Crippen LogP contribution is -2.39. The molecule has 1 aromatic heterocycles. The molecule has 2 aromatic carbocycles. The fourth-order valence-electron chi connectivity index (χ4n) is 4.02. The predicted octanol–water partition coefficient (Wildman–Crippen LogP) is 3.51. The molecule has 1 atom stereocenters. The number of sulfonamides is 1. The number of nitrogens with zero attached hydrogens (tertiary/aromatic N) is 3. The van der Waals surface area contributed by atoms with Crippen molar-refractivity contribution in [1.29, 1.82) is 0 Å². The van der Waals surface area contributed by atoms with Crippen LogP contribution in [0.5, 0.6) is 5.75 Å². The third-order valence-electron chi connectivity index (χ3n) is 5.62. The number of halogens is 3. The summed E-state index contributed by atoms with van der Waals surface area (Å²) >= 11 is 0. The summed E-state index contributed by atoms with van der Waals surface area (Å²) in [5.74, 6) is 0.134. The van der Waals surface area contributed by atoms with Gasteiger partial charge in [-0.2, -0.15) is 18.3 Å². The van der Waals surface area contributed by atoms with E-state index >= 15 is 0 Å². The van der Waals surface area contributed by atoms with Crippen molar-refractivity contribution < 1.29 is 26.3 Å². The summed E-state index contributed by atoms with van der Waals surface area (Å²) in [5.41, 5.74) is 6.52. The number of hydrogen-bond donors (Lipinski definition) is 3. The highest BCUT2D eigenvalue weighted by Crippen LogP contribution is 2.44. The van der Waals surface area contributed by atoms with Crippen molar-refractivity contribution >= 4 is 21.5 Å². The summed E-state index contributed by atoms with van der Waals surface area (Å²) in [4.78, 5) is 7.59. The second-order valence-electron chi connectivity index (χ2n) is 7.79. The number of rotatable bonds is 5. The number of aromatic nitrogens is 2. The van der Waals surface area contributed by atoms with Gasteiger partial charge in [0.15, 0.2) is 0 Å². The van der Waals surface area contributed by atoms with Crippen molar-refractivity contribution in [3.63, 3.8) is 0 Å². The summed E-state index contributed by atoms with van der Waals surface area (Å²) in [6.45, 7) is 0.264. The lowest BCUT2D eigenvalue weighted by atomic mass is 9.85. The van der Waals surface area contributed by atoms with Gasteiger partial charge in [0.2, 0.25) is 0 Å². The Labute approximate surface area is 198 Å². The van der Waals surface area contributed by atoms with Gasteiger partial charge in [-0.15, -0.1) is 0 Å². The highest BCUT2D eigenvalue weighted by Gasteiger charge is 2.34.